The fourth-order valence-electron chi connectivity index (χ4n) is 3.07. The fraction of sp³-hybridized carbons (Fsp3) is 0.812. The molecule has 3 nitrogen and oxygen atoms in total. The van der Waals surface area contributed by atoms with Crippen molar-refractivity contribution in [2.24, 2.45) is 5.92 Å². The molecule has 0 amide bonds. The van der Waals surface area contributed by atoms with Crippen molar-refractivity contribution >= 4 is 0 Å². The molecule has 1 aliphatic rings. The summed E-state index contributed by atoms with van der Waals surface area (Å²) in [7, 11) is 0. The van der Waals surface area contributed by atoms with Gasteiger partial charge in [-0.15, -0.1) is 0 Å². The summed E-state index contributed by atoms with van der Waals surface area (Å²) in [4.78, 5) is 0. The van der Waals surface area contributed by atoms with E-state index in [1.807, 2.05) is 0 Å². The molecule has 0 saturated heterocycles. The normalized spacial score (nSPS) is 24.6. The summed E-state index contributed by atoms with van der Waals surface area (Å²) in [6, 6.07) is 0. The summed E-state index contributed by atoms with van der Waals surface area (Å²) in [5.41, 5.74) is 1.66. The molecule has 3 heteroatoms. The average Bonchev–Trinajstić information content (AvgIpc) is 2.84. The van der Waals surface area contributed by atoms with Crippen LogP contribution in [0.4, 0.5) is 0 Å². The summed E-state index contributed by atoms with van der Waals surface area (Å²) in [5, 5.41) is 8.13. The van der Waals surface area contributed by atoms with Crippen LogP contribution in [-0.4, -0.2) is 21.9 Å². The molecule has 2 atom stereocenters. The van der Waals surface area contributed by atoms with Crippen molar-refractivity contribution in [2.45, 2.75) is 71.4 Å². The highest BCUT2D eigenvalue weighted by atomic mass is 15.3. The Morgan fingerprint density at radius 2 is 2.05 bits per heavy atom. The van der Waals surface area contributed by atoms with E-state index in [1.54, 1.807) is 0 Å². The second-order valence-electron chi connectivity index (χ2n) is 6.91. The Morgan fingerprint density at radius 3 is 2.68 bits per heavy atom. The fourth-order valence-corrected chi connectivity index (χ4v) is 3.07. The first-order chi connectivity index (χ1) is 8.99. The zero-order chi connectivity index (χ0) is 13.9. The van der Waals surface area contributed by atoms with Crippen molar-refractivity contribution < 1.29 is 0 Å². The molecule has 1 N–H and O–H groups in total. The van der Waals surface area contributed by atoms with Gasteiger partial charge in [-0.1, -0.05) is 12.8 Å². The van der Waals surface area contributed by atoms with E-state index in [4.69, 9.17) is 0 Å². The molecule has 0 bridgehead atoms. The van der Waals surface area contributed by atoms with Crippen molar-refractivity contribution in [1.82, 2.24) is 15.1 Å². The van der Waals surface area contributed by atoms with Crippen molar-refractivity contribution in [3.63, 3.8) is 0 Å². The summed E-state index contributed by atoms with van der Waals surface area (Å²) in [5.74, 6) is 1.46. The second-order valence-corrected chi connectivity index (χ2v) is 6.91. The van der Waals surface area contributed by atoms with Gasteiger partial charge in [-0.25, -0.2) is 0 Å². The highest BCUT2D eigenvalue weighted by molar-refractivity contribution is 5.14. The number of hydrogen-bond donors (Lipinski definition) is 1. The smallest absolute Gasteiger partial charge is 0.0524 e. The predicted octanol–water partition coefficient (Wildman–Crippen LogP) is 3.56. The maximum absolute atomic E-state index is 4.45. The molecule has 2 unspecified atom stereocenters. The molecule has 1 saturated carbocycles. The number of aromatic nitrogens is 2. The monoisotopic (exact) mass is 263 g/mol. The minimum absolute atomic E-state index is 0.218. The molecular formula is C16H29N3. The van der Waals surface area contributed by atoms with E-state index in [2.05, 4.69) is 55.2 Å². The van der Waals surface area contributed by atoms with Crippen LogP contribution in [0.25, 0.3) is 0 Å². The molecule has 1 aliphatic carbocycles. The third-order valence-electron chi connectivity index (χ3n) is 4.21. The minimum atomic E-state index is 0.218. The maximum Gasteiger partial charge on any atom is 0.0524 e. The van der Waals surface area contributed by atoms with Gasteiger partial charge in [0.25, 0.3) is 0 Å². The number of rotatable bonds is 4. The molecule has 2 rings (SSSR count). The minimum Gasteiger partial charge on any atom is -0.312 e. The first-order valence-corrected chi connectivity index (χ1v) is 7.77. The highest BCUT2D eigenvalue weighted by Gasteiger charge is 2.28. The van der Waals surface area contributed by atoms with Gasteiger partial charge in [0.15, 0.2) is 0 Å². The first kappa shape index (κ1) is 14.6. The Hall–Kier alpha value is -0.830. The van der Waals surface area contributed by atoms with Gasteiger partial charge in [-0.2, -0.15) is 5.10 Å². The van der Waals surface area contributed by atoms with Gasteiger partial charge in [0, 0.05) is 18.3 Å². The number of nitrogens with one attached hydrogen (secondary N) is 1. The Labute approximate surface area is 117 Å². The topological polar surface area (TPSA) is 29.9 Å². The molecule has 108 valence electrons. The van der Waals surface area contributed by atoms with Crippen molar-refractivity contribution in [3.8, 4) is 0 Å². The lowest BCUT2D eigenvalue weighted by molar-refractivity contribution is 0.269. The van der Waals surface area contributed by atoms with E-state index in [9.17, 15) is 0 Å². The van der Waals surface area contributed by atoms with Gasteiger partial charge in [0.05, 0.1) is 6.20 Å². The number of hydrogen-bond acceptors (Lipinski definition) is 2. The Morgan fingerprint density at radius 1 is 1.32 bits per heavy atom. The maximum atomic E-state index is 4.45. The van der Waals surface area contributed by atoms with E-state index in [-0.39, 0.29) is 5.54 Å². The highest BCUT2D eigenvalue weighted by Crippen LogP contribution is 2.37. The summed E-state index contributed by atoms with van der Waals surface area (Å²) >= 11 is 0. The largest absolute Gasteiger partial charge is 0.312 e. The first-order valence-electron chi connectivity index (χ1n) is 7.77. The lowest BCUT2D eigenvalue weighted by atomic mass is 9.76. The van der Waals surface area contributed by atoms with Gasteiger partial charge in [0.2, 0.25) is 0 Å². The van der Waals surface area contributed by atoms with Crippen LogP contribution >= 0.6 is 0 Å². The molecule has 19 heavy (non-hydrogen) atoms. The number of nitrogens with zero attached hydrogens (tertiary/aromatic N) is 2. The lowest BCUT2D eigenvalue weighted by Gasteiger charge is -2.33. The SMILES string of the molecule is CCn1cc(C2CCCCC2CNC(C)(C)C)cn1. The molecule has 1 aromatic heterocycles. The molecule has 1 aromatic rings. The summed E-state index contributed by atoms with van der Waals surface area (Å²) in [6.07, 6.45) is 9.77. The van der Waals surface area contributed by atoms with E-state index < -0.39 is 0 Å². The zero-order valence-corrected chi connectivity index (χ0v) is 12.9. The summed E-state index contributed by atoms with van der Waals surface area (Å²) < 4.78 is 2.05. The van der Waals surface area contributed by atoms with E-state index in [0.717, 1.165) is 19.0 Å². The molecule has 0 aromatic carbocycles. The van der Waals surface area contributed by atoms with Crippen LogP contribution in [0.15, 0.2) is 12.4 Å². The van der Waals surface area contributed by atoms with Crippen LogP contribution in [0.3, 0.4) is 0 Å². The van der Waals surface area contributed by atoms with Crippen LogP contribution in [0.5, 0.6) is 0 Å². The molecular weight excluding hydrogens is 234 g/mol. The molecule has 0 spiro atoms. The number of aryl methyl sites for hydroxylation is 1. The van der Waals surface area contributed by atoms with E-state index in [0.29, 0.717) is 5.92 Å². The molecule has 1 heterocycles. The third-order valence-corrected chi connectivity index (χ3v) is 4.21. The van der Waals surface area contributed by atoms with Crippen LogP contribution in [0.1, 0.15) is 64.9 Å². The van der Waals surface area contributed by atoms with Gasteiger partial charge in [0.1, 0.15) is 0 Å². The third kappa shape index (κ3) is 4.07. The van der Waals surface area contributed by atoms with Crippen LogP contribution in [0, 0.1) is 5.92 Å². The molecule has 1 fully saturated rings. The quantitative estimate of drug-likeness (QED) is 0.900. The van der Waals surface area contributed by atoms with Gasteiger partial charge in [-0.05, 0) is 64.5 Å². The van der Waals surface area contributed by atoms with Crippen LogP contribution < -0.4 is 5.32 Å². The molecule has 0 aliphatic heterocycles. The standard InChI is InChI=1S/C16H29N3/c1-5-19-12-14(11-18-19)15-9-7-6-8-13(15)10-17-16(2,3)4/h11-13,15,17H,5-10H2,1-4H3. The van der Waals surface area contributed by atoms with E-state index in [1.165, 1.54) is 31.2 Å². The zero-order valence-electron chi connectivity index (χ0n) is 12.9. The van der Waals surface area contributed by atoms with Gasteiger partial charge in [-0.3, -0.25) is 4.68 Å². The van der Waals surface area contributed by atoms with Gasteiger partial charge >= 0.3 is 0 Å². The van der Waals surface area contributed by atoms with Crippen molar-refractivity contribution in [1.29, 1.82) is 0 Å². The Kier molecular flexibility index (Phi) is 4.67. The van der Waals surface area contributed by atoms with Crippen molar-refractivity contribution in [2.75, 3.05) is 6.54 Å². The van der Waals surface area contributed by atoms with Crippen molar-refractivity contribution in [3.05, 3.63) is 18.0 Å². The Balaban J connectivity index is 2.03. The molecule has 0 radical (unpaired) electrons. The average molecular weight is 263 g/mol. The predicted molar refractivity (Wildman–Crippen MR) is 80.4 cm³/mol. The lowest BCUT2D eigenvalue weighted by Crippen LogP contribution is -2.41. The van der Waals surface area contributed by atoms with E-state index >= 15 is 0 Å². The Bertz CT molecular complexity index is 389. The second kappa shape index (κ2) is 6.08. The summed E-state index contributed by atoms with van der Waals surface area (Å²) in [6.45, 7) is 11.0. The van der Waals surface area contributed by atoms with Crippen LogP contribution in [-0.2, 0) is 6.54 Å². The van der Waals surface area contributed by atoms with Crippen LogP contribution in [0.2, 0.25) is 0 Å². The van der Waals surface area contributed by atoms with Gasteiger partial charge < -0.3 is 5.32 Å².